The van der Waals surface area contributed by atoms with Crippen molar-refractivity contribution in [2.75, 3.05) is 6.61 Å². The van der Waals surface area contributed by atoms with Crippen molar-refractivity contribution in [2.45, 2.75) is 27.3 Å². The van der Waals surface area contributed by atoms with Gasteiger partial charge < -0.3 is 9.30 Å². The number of esters is 1. The minimum atomic E-state index is -1.23. The Bertz CT molecular complexity index is 497. The number of carbonyl (C=O) groups is 2. The van der Waals surface area contributed by atoms with Crippen LogP contribution in [-0.4, -0.2) is 27.9 Å². The summed E-state index contributed by atoms with van der Waals surface area (Å²) in [5.74, 6) is -0.743. The van der Waals surface area contributed by atoms with Gasteiger partial charge in [0.1, 0.15) is 11.5 Å². The lowest BCUT2D eigenvalue weighted by molar-refractivity contribution is -0.158. The van der Waals surface area contributed by atoms with Gasteiger partial charge in [-0.2, -0.15) is 5.26 Å². The van der Waals surface area contributed by atoms with E-state index in [1.165, 1.54) is 30.8 Å². The first kappa shape index (κ1) is 13.9. The van der Waals surface area contributed by atoms with Crippen LogP contribution in [0.3, 0.4) is 0 Å². The van der Waals surface area contributed by atoms with Gasteiger partial charge in [0.2, 0.25) is 5.82 Å². The van der Waals surface area contributed by atoms with Gasteiger partial charge in [-0.15, -0.1) is 0 Å². The Morgan fingerprint density at radius 1 is 1.56 bits per heavy atom. The fourth-order valence-electron chi connectivity index (χ4n) is 1.33. The number of hydrogen-bond donors (Lipinski definition) is 0. The molecule has 1 rings (SSSR count). The topological polar surface area (TPSA) is 85.0 Å². The molecule has 0 N–H and O–H groups in total. The number of Topliss-reactive ketones (excluding diaryl/α,β-unsaturated/α-hetero) is 1. The Morgan fingerprint density at radius 3 is 2.78 bits per heavy atom. The Balaban J connectivity index is 2.83. The van der Waals surface area contributed by atoms with Gasteiger partial charge in [0.05, 0.1) is 13.2 Å². The highest BCUT2D eigenvalue weighted by Gasteiger charge is 2.37. The van der Waals surface area contributed by atoms with Crippen LogP contribution in [0.1, 0.15) is 26.6 Å². The van der Waals surface area contributed by atoms with Gasteiger partial charge in [-0.1, -0.05) is 0 Å². The van der Waals surface area contributed by atoms with E-state index in [4.69, 9.17) is 10.00 Å². The van der Waals surface area contributed by atoms with Crippen molar-refractivity contribution in [1.29, 1.82) is 5.26 Å². The quantitative estimate of drug-likeness (QED) is 0.572. The maximum Gasteiger partial charge on any atom is 0.319 e. The zero-order valence-corrected chi connectivity index (χ0v) is 10.6. The number of imidazole rings is 1. The number of aromatic nitrogens is 2. The van der Waals surface area contributed by atoms with Crippen LogP contribution < -0.4 is 0 Å². The minimum absolute atomic E-state index is 0.0747. The second-order valence-electron chi connectivity index (χ2n) is 4.26. The predicted octanol–water partition coefficient (Wildman–Crippen LogP) is 0.913. The SMILES string of the molecule is CCOC(=O)C(C)(C)C(=O)Cn1ccnc1C#N. The van der Waals surface area contributed by atoms with Crippen LogP contribution in [0, 0.1) is 16.7 Å². The van der Waals surface area contributed by atoms with Crippen LogP contribution in [-0.2, 0) is 20.9 Å². The molecule has 0 spiro atoms. The summed E-state index contributed by atoms with van der Waals surface area (Å²) in [4.78, 5) is 27.5. The van der Waals surface area contributed by atoms with Gasteiger partial charge in [0.15, 0.2) is 5.78 Å². The number of nitrogens with zero attached hydrogens (tertiary/aromatic N) is 3. The number of nitriles is 1. The number of carbonyl (C=O) groups excluding carboxylic acids is 2. The van der Waals surface area contributed by atoms with Gasteiger partial charge >= 0.3 is 5.97 Å². The maximum absolute atomic E-state index is 12.1. The van der Waals surface area contributed by atoms with E-state index < -0.39 is 11.4 Å². The standard InChI is InChI=1S/C12H15N3O3/c1-4-18-11(17)12(2,3)9(16)8-15-6-5-14-10(15)7-13/h5-6H,4,8H2,1-3H3. The summed E-state index contributed by atoms with van der Waals surface area (Å²) in [6.07, 6.45) is 2.96. The van der Waals surface area contributed by atoms with E-state index in [2.05, 4.69) is 4.98 Å². The van der Waals surface area contributed by atoms with Crippen molar-refractivity contribution in [3.8, 4) is 6.07 Å². The molecule has 0 unspecified atom stereocenters. The van der Waals surface area contributed by atoms with Crippen molar-refractivity contribution in [2.24, 2.45) is 5.41 Å². The number of hydrogen-bond acceptors (Lipinski definition) is 5. The van der Waals surface area contributed by atoms with Crippen molar-refractivity contribution >= 4 is 11.8 Å². The molecular weight excluding hydrogens is 234 g/mol. The van der Waals surface area contributed by atoms with E-state index in [1.807, 2.05) is 6.07 Å². The van der Waals surface area contributed by atoms with E-state index in [1.54, 1.807) is 6.92 Å². The first-order valence-electron chi connectivity index (χ1n) is 5.55. The van der Waals surface area contributed by atoms with Gasteiger partial charge in [-0.3, -0.25) is 9.59 Å². The van der Waals surface area contributed by atoms with E-state index in [0.717, 1.165) is 0 Å². The Morgan fingerprint density at radius 2 is 2.22 bits per heavy atom. The number of ether oxygens (including phenoxy) is 1. The number of rotatable bonds is 5. The van der Waals surface area contributed by atoms with Crippen molar-refractivity contribution in [3.63, 3.8) is 0 Å². The van der Waals surface area contributed by atoms with E-state index in [9.17, 15) is 9.59 Å². The average molecular weight is 249 g/mol. The maximum atomic E-state index is 12.1. The molecule has 0 aromatic carbocycles. The minimum Gasteiger partial charge on any atom is -0.465 e. The molecule has 0 fully saturated rings. The highest BCUT2D eigenvalue weighted by Crippen LogP contribution is 2.20. The van der Waals surface area contributed by atoms with E-state index in [-0.39, 0.29) is 24.8 Å². The first-order chi connectivity index (χ1) is 8.43. The lowest BCUT2D eigenvalue weighted by atomic mass is 9.88. The average Bonchev–Trinajstić information content (AvgIpc) is 2.76. The summed E-state index contributed by atoms with van der Waals surface area (Å²) in [6.45, 7) is 4.85. The Hall–Kier alpha value is -2.16. The molecule has 0 saturated heterocycles. The van der Waals surface area contributed by atoms with Crippen molar-refractivity contribution in [3.05, 3.63) is 18.2 Å². The second kappa shape index (κ2) is 5.45. The molecule has 0 atom stereocenters. The van der Waals surface area contributed by atoms with Gasteiger partial charge in [-0.05, 0) is 20.8 Å². The summed E-state index contributed by atoms with van der Waals surface area (Å²) >= 11 is 0. The predicted molar refractivity (Wildman–Crippen MR) is 62.4 cm³/mol. The van der Waals surface area contributed by atoms with Crippen LogP contribution >= 0.6 is 0 Å². The molecule has 6 heteroatoms. The molecule has 18 heavy (non-hydrogen) atoms. The fraction of sp³-hybridized carbons (Fsp3) is 0.500. The molecule has 0 saturated carbocycles. The van der Waals surface area contributed by atoms with Crippen LogP contribution in [0.4, 0.5) is 0 Å². The van der Waals surface area contributed by atoms with Gasteiger partial charge in [0, 0.05) is 12.4 Å². The summed E-state index contributed by atoms with van der Waals surface area (Å²) in [6, 6.07) is 1.87. The van der Waals surface area contributed by atoms with E-state index in [0.29, 0.717) is 0 Å². The van der Waals surface area contributed by atoms with Crippen LogP contribution in [0.5, 0.6) is 0 Å². The zero-order chi connectivity index (χ0) is 13.8. The smallest absolute Gasteiger partial charge is 0.319 e. The third-order valence-electron chi connectivity index (χ3n) is 2.61. The van der Waals surface area contributed by atoms with E-state index >= 15 is 0 Å². The molecule has 1 heterocycles. The Labute approximate surface area is 105 Å². The molecule has 0 bridgehead atoms. The van der Waals surface area contributed by atoms with Crippen LogP contribution in [0.15, 0.2) is 12.4 Å². The van der Waals surface area contributed by atoms with Crippen molar-refractivity contribution < 1.29 is 14.3 Å². The lowest BCUT2D eigenvalue weighted by Crippen LogP contribution is -2.37. The second-order valence-corrected chi connectivity index (χ2v) is 4.26. The van der Waals surface area contributed by atoms with Crippen molar-refractivity contribution in [1.82, 2.24) is 9.55 Å². The van der Waals surface area contributed by atoms with Crippen LogP contribution in [0.2, 0.25) is 0 Å². The highest BCUT2D eigenvalue weighted by molar-refractivity contribution is 6.02. The fourth-order valence-corrected chi connectivity index (χ4v) is 1.33. The molecule has 1 aromatic heterocycles. The summed E-state index contributed by atoms with van der Waals surface area (Å²) in [5, 5.41) is 8.78. The third kappa shape index (κ3) is 2.74. The molecule has 1 aromatic rings. The molecule has 0 aliphatic carbocycles. The zero-order valence-electron chi connectivity index (χ0n) is 10.6. The van der Waals surface area contributed by atoms with Gasteiger partial charge in [0.25, 0.3) is 0 Å². The Kier molecular flexibility index (Phi) is 4.21. The molecular formula is C12H15N3O3. The third-order valence-corrected chi connectivity index (χ3v) is 2.61. The molecule has 6 nitrogen and oxygen atoms in total. The molecule has 96 valence electrons. The molecule has 0 radical (unpaired) electrons. The number of ketones is 1. The molecule has 0 aliphatic rings. The summed E-state index contributed by atoms with van der Waals surface area (Å²) in [7, 11) is 0. The summed E-state index contributed by atoms with van der Waals surface area (Å²) < 4.78 is 6.26. The molecule has 0 amide bonds. The molecule has 0 aliphatic heterocycles. The summed E-state index contributed by atoms with van der Waals surface area (Å²) in [5.41, 5.74) is -1.23. The first-order valence-corrected chi connectivity index (χ1v) is 5.55. The normalized spacial score (nSPS) is 10.8. The largest absolute Gasteiger partial charge is 0.465 e. The van der Waals surface area contributed by atoms with Gasteiger partial charge in [-0.25, -0.2) is 4.98 Å². The van der Waals surface area contributed by atoms with Crippen LogP contribution in [0.25, 0.3) is 0 Å². The monoisotopic (exact) mass is 249 g/mol. The lowest BCUT2D eigenvalue weighted by Gasteiger charge is -2.20. The highest BCUT2D eigenvalue weighted by atomic mass is 16.5.